The minimum Gasteiger partial charge on any atom is -0.383 e. The second-order valence-corrected chi connectivity index (χ2v) is 4.58. The van der Waals surface area contributed by atoms with Crippen molar-refractivity contribution in [2.75, 3.05) is 13.7 Å². The summed E-state index contributed by atoms with van der Waals surface area (Å²) in [5, 5.41) is 1.04. The smallest absolute Gasteiger partial charge is 0.145 e. The maximum Gasteiger partial charge on any atom is 0.145 e. The minimum atomic E-state index is 0.0417. The fourth-order valence-electron chi connectivity index (χ4n) is 1.36. The molecule has 1 aromatic rings. The molecular formula is C9H15N3OS. The topological polar surface area (TPSA) is 61.0 Å². The van der Waals surface area contributed by atoms with E-state index in [0.717, 1.165) is 17.3 Å². The standard InChI is InChI=1S/C9H15N3OS/c1-13-5-7(10)4-8-11-9(12-14-8)6-2-3-6/h6-7H,2-5,10H2,1H3. The molecule has 1 aliphatic carbocycles. The number of hydrogen-bond donors (Lipinski definition) is 1. The summed E-state index contributed by atoms with van der Waals surface area (Å²) in [6.45, 7) is 0.582. The van der Waals surface area contributed by atoms with E-state index in [2.05, 4.69) is 9.36 Å². The summed E-state index contributed by atoms with van der Waals surface area (Å²) in [6.07, 6.45) is 3.28. The van der Waals surface area contributed by atoms with Crippen molar-refractivity contribution in [1.82, 2.24) is 9.36 Å². The Morgan fingerprint density at radius 1 is 1.64 bits per heavy atom. The number of ether oxygens (including phenoxy) is 1. The van der Waals surface area contributed by atoms with Gasteiger partial charge in [-0.25, -0.2) is 4.98 Å². The normalized spacial score (nSPS) is 18.4. The first-order valence-electron chi connectivity index (χ1n) is 4.86. The molecule has 0 radical (unpaired) electrons. The third-order valence-corrected chi connectivity index (χ3v) is 2.99. The average Bonchev–Trinajstić information content (AvgIpc) is 2.89. The molecule has 1 atom stereocenters. The van der Waals surface area contributed by atoms with Crippen molar-refractivity contribution in [3.63, 3.8) is 0 Å². The second kappa shape index (κ2) is 4.33. The number of methoxy groups -OCH3 is 1. The molecule has 1 fully saturated rings. The zero-order valence-electron chi connectivity index (χ0n) is 8.27. The molecule has 0 saturated heterocycles. The van der Waals surface area contributed by atoms with Crippen LogP contribution < -0.4 is 5.73 Å². The molecule has 0 bridgehead atoms. The van der Waals surface area contributed by atoms with Crippen LogP contribution in [0.15, 0.2) is 0 Å². The summed E-state index contributed by atoms with van der Waals surface area (Å²) in [6, 6.07) is 0.0417. The van der Waals surface area contributed by atoms with Gasteiger partial charge in [-0.3, -0.25) is 0 Å². The first-order chi connectivity index (χ1) is 6.79. The van der Waals surface area contributed by atoms with Crippen LogP contribution in [0.1, 0.15) is 29.6 Å². The highest BCUT2D eigenvalue weighted by atomic mass is 32.1. The molecule has 0 aromatic carbocycles. The quantitative estimate of drug-likeness (QED) is 0.790. The van der Waals surface area contributed by atoms with E-state index in [0.29, 0.717) is 12.5 Å². The molecule has 2 N–H and O–H groups in total. The molecule has 2 rings (SSSR count). The molecule has 1 heterocycles. The molecule has 1 aromatic heterocycles. The van der Waals surface area contributed by atoms with E-state index in [9.17, 15) is 0 Å². The Labute approximate surface area is 87.7 Å². The van der Waals surface area contributed by atoms with Crippen molar-refractivity contribution >= 4 is 11.5 Å². The first-order valence-corrected chi connectivity index (χ1v) is 5.64. The zero-order chi connectivity index (χ0) is 9.97. The van der Waals surface area contributed by atoms with Gasteiger partial charge in [-0.05, 0) is 24.4 Å². The van der Waals surface area contributed by atoms with Crippen LogP contribution in [0.3, 0.4) is 0 Å². The maximum atomic E-state index is 5.83. The Morgan fingerprint density at radius 2 is 2.43 bits per heavy atom. The van der Waals surface area contributed by atoms with E-state index < -0.39 is 0 Å². The predicted octanol–water partition coefficient (Wildman–Crippen LogP) is 0.932. The van der Waals surface area contributed by atoms with Crippen LogP contribution in [0.5, 0.6) is 0 Å². The summed E-state index contributed by atoms with van der Waals surface area (Å²) in [5.74, 6) is 1.66. The summed E-state index contributed by atoms with van der Waals surface area (Å²) < 4.78 is 9.30. The van der Waals surface area contributed by atoms with Gasteiger partial charge in [-0.15, -0.1) is 0 Å². The Bertz CT molecular complexity index is 298. The number of nitrogens with zero attached hydrogens (tertiary/aromatic N) is 2. The SMILES string of the molecule is COCC(N)Cc1nc(C2CC2)ns1. The summed E-state index contributed by atoms with van der Waals surface area (Å²) in [7, 11) is 1.66. The summed E-state index contributed by atoms with van der Waals surface area (Å²) in [4.78, 5) is 4.47. The van der Waals surface area contributed by atoms with Crippen molar-refractivity contribution in [2.45, 2.75) is 31.2 Å². The lowest BCUT2D eigenvalue weighted by atomic mass is 10.2. The van der Waals surface area contributed by atoms with Crippen LogP contribution in [0, 0.1) is 0 Å². The molecule has 0 aliphatic heterocycles. The van der Waals surface area contributed by atoms with Crippen molar-refractivity contribution in [3.05, 3.63) is 10.8 Å². The van der Waals surface area contributed by atoms with E-state index in [1.54, 1.807) is 7.11 Å². The molecule has 0 amide bonds. The lowest BCUT2D eigenvalue weighted by molar-refractivity contribution is 0.180. The van der Waals surface area contributed by atoms with Crippen molar-refractivity contribution in [2.24, 2.45) is 5.73 Å². The Morgan fingerprint density at radius 3 is 3.07 bits per heavy atom. The van der Waals surface area contributed by atoms with Gasteiger partial charge in [0.2, 0.25) is 0 Å². The van der Waals surface area contributed by atoms with Gasteiger partial charge in [0.1, 0.15) is 10.8 Å². The van der Waals surface area contributed by atoms with Crippen LogP contribution in [-0.4, -0.2) is 29.1 Å². The van der Waals surface area contributed by atoms with Crippen LogP contribution in [0.25, 0.3) is 0 Å². The molecular weight excluding hydrogens is 198 g/mol. The van der Waals surface area contributed by atoms with Gasteiger partial charge in [0, 0.05) is 25.5 Å². The molecule has 78 valence electrons. The van der Waals surface area contributed by atoms with E-state index >= 15 is 0 Å². The number of rotatable bonds is 5. The van der Waals surface area contributed by atoms with Gasteiger partial charge >= 0.3 is 0 Å². The third-order valence-electron chi connectivity index (χ3n) is 2.24. The Kier molecular flexibility index (Phi) is 3.10. The van der Waals surface area contributed by atoms with E-state index in [-0.39, 0.29) is 6.04 Å². The molecule has 0 spiro atoms. The fourth-order valence-corrected chi connectivity index (χ4v) is 2.17. The van der Waals surface area contributed by atoms with Gasteiger partial charge in [-0.2, -0.15) is 4.37 Å². The highest BCUT2D eigenvalue weighted by molar-refractivity contribution is 7.05. The lowest BCUT2D eigenvalue weighted by Crippen LogP contribution is -2.27. The Hall–Kier alpha value is -0.520. The van der Waals surface area contributed by atoms with Crippen LogP contribution in [-0.2, 0) is 11.2 Å². The predicted molar refractivity (Wildman–Crippen MR) is 55.4 cm³/mol. The maximum absolute atomic E-state index is 5.83. The highest BCUT2D eigenvalue weighted by Gasteiger charge is 2.27. The summed E-state index contributed by atoms with van der Waals surface area (Å²) in [5.41, 5.74) is 5.83. The second-order valence-electron chi connectivity index (χ2n) is 3.74. The molecule has 1 unspecified atom stereocenters. The molecule has 14 heavy (non-hydrogen) atoms. The number of hydrogen-bond acceptors (Lipinski definition) is 5. The van der Waals surface area contributed by atoms with Gasteiger partial charge in [0.05, 0.1) is 6.61 Å². The van der Waals surface area contributed by atoms with Crippen molar-refractivity contribution in [3.8, 4) is 0 Å². The molecule has 5 heteroatoms. The van der Waals surface area contributed by atoms with E-state index in [4.69, 9.17) is 10.5 Å². The molecule has 1 aliphatic rings. The molecule has 4 nitrogen and oxygen atoms in total. The van der Waals surface area contributed by atoms with Crippen LogP contribution >= 0.6 is 11.5 Å². The minimum absolute atomic E-state index is 0.0417. The number of aromatic nitrogens is 2. The summed E-state index contributed by atoms with van der Waals surface area (Å²) >= 11 is 1.48. The van der Waals surface area contributed by atoms with E-state index in [1.165, 1.54) is 24.4 Å². The van der Waals surface area contributed by atoms with Crippen LogP contribution in [0.4, 0.5) is 0 Å². The van der Waals surface area contributed by atoms with Gasteiger partial charge in [0.25, 0.3) is 0 Å². The molecule has 1 saturated carbocycles. The van der Waals surface area contributed by atoms with Gasteiger partial charge in [-0.1, -0.05) is 0 Å². The van der Waals surface area contributed by atoms with Gasteiger partial charge < -0.3 is 10.5 Å². The van der Waals surface area contributed by atoms with Crippen molar-refractivity contribution in [1.29, 1.82) is 0 Å². The van der Waals surface area contributed by atoms with Crippen molar-refractivity contribution < 1.29 is 4.74 Å². The largest absolute Gasteiger partial charge is 0.383 e. The fraction of sp³-hybridized carbons (Fsp3) is 0.778. The lowest BCUT2D eigenvalue weighted by Gasteiger charge is -2.06. The Balaban J connectivity index is 1.88. The third kappa shape index (κ3) is 2.50. The zero-order valence-corrected chi connectivity index (χ0v) is 9.09. The van der Waals surface area contributed by atoms with Crippen LogP contribution in [0.2, 0.25) is 0 Å². The highest BCUT2D eigenvalue weighted by Crippen LogP contribution is 2.38. The first kappa shape index (κ1) is 10.0. The van der Waals surface area contributed by atoms with Gasteiger partial charge in [0.15, 0.2) is 0 Å². The average molecular weight is 213 g/mol. The monoisotopic (exact) mass is 213 g/mol. The number of nitrogens with two attached hydrogens (primary N) is 1. The van der Waals surface area contributed by atoms with E-state index in [1.807, 2.05) is 0 Å².